The summed E-state index contributed by atoms with van der Waals surface area (Å²) in [4.78, 5) is 0. The number of benzene rings is 2. The number of methoxy groups -OCH3 is 1. The fourth-order valence-electron chi connectivity index (χ4n) is 5.07. The Hall–Kier alpha value is -2.87. The van der Waals surface area contributed by atoms with Gasteiger partial charge in [-0.2, -0.15) is 13.9 Å². The summed E-state index contributed by atoms with van der Waals surface area (Å²) in [6.45, 7) is 1.69. The number of hydrazone groups is 1. The number of nitrogens with zero attached hydrogens (tertiary/aromatic N) is 2. The molecule has 2 unspecified atom stereocenters. The third kappa shape index (κ3) is 3.46. The molecule has 170 valence electrons. The molecule has 0 saturated carbocycles. The molecule has 0 amide bonds. The quantitative estimate of drug-likeness (QED) is 0.655. The highest BCUT2D eigenvalue weighted by Crippen LogP contribution is 2.54. The van der Waals surface area contributed by atoms with E-state index in [2.05, 4.69) is 0 Å². The highest BCUT2D eigenvalue weighted by molar-refractivity contribution is 6.04. The summed E-state index contributed by atoms with van der Waals surface area (Å²) in [6, 6.07) is 12.5. The van der Waals surface area contributed by atoms with Gasteiger partial charge in [-0.1, -0.05) is 24.3 Å². The molecular weight excluding hydrogens is 418 g/mol. The number of hydrogen-bond donors (Lipinski definition) is 0. The number of ether oxygens (including phenoxy) is 4. The third-order valence-corrected chi connectivity index (χ3v) is 6.31. The van der Waals surface area contributed by atoms with E-state index in [4.69, 9.17) is 24.0 Å². The highest BCUT2D eigenvalue weighted by atomic mass is 19.3. The minimum Gasteiger partial charge on any atom is -0.493 e. The molecule has 3 aliphatic rings. The summed E-state index contributed by atoms with van der Waals surface area (Å²) >= 11 is 0. The van der Waals surface area contributed by atoms with Gasteiger partial charge in [-0.15, -0.1) is 0 Å². The van der Waals surface area contributed by atoms with E-state index in [0.717, 1.165) is 5.56 Å². The maximum atomic E-state index is 13.0. The van der Waals surface area contributed by atoms with Crippen LogP contribution in [0.25, 0.3) is 0 Å². The fourth-order valence-corrected chi connectivity index (χ4v) is 5.07. The second kappa shape index (κ2) is 7.62. The predicted octanol–water partition coefficient (Wildman–Crippen LogP) is 5.13. The topological polar surface area (TPSA) is 52.5 Å². The van der Waals surface area contributed by atoms with Crippen molar-refractivity contribution < 1.29 is 27.7 Å². The zero-order valence-corrected chi connectivity index (χ0v) is 18.3. The first-order valence-corrected chi connectivity index (χ1v) is 10.7. The van der Waals surface area contributed by atoms with E-state index in [1.807, 2.05) is 37.1 Å². The Morgan fingerprint density at radius 3 is 2.66 bits per heavy atom. The Balaban J connectivity index is 1.62. The van der Waals surface area contributed by atoms with Crippen LogP contribution in [0.5, 0.6) is 17.2 Å². The number of para-hydroxylation sites is 2. The maximum Gasteiger partial charge on any atom is 0.387 e. The molecule has 0 aromatic heterocycles. The van der Waals surface area contributed by atoms with Crippen molar-refractivity contribution in [1.82, 2.24) is 5.01 Å². The van der Waals surface area contributed by atoms with Crippen LogP contribution in [0.2, 0.25) is 0 Å². The second-order valence-corrected chi connectivity index (χ2v) is 8.95. The average molecular weight is 444 g/mol. The predicted molar refractivity (Wildman–Crippen MR) is 114 cm³/mol. The first kappa shape index (κ1) is 21.0. The van der Waals surface area contributed by atoms with Crippen molar-refractivity contribution in [1.29, 1.82) is 0 Å². The lowest BCUT2D eigenvalue weighted by molar-refractivity contribution is -0.212. The smallest absolute Gasteiger partial charge is 0.387 e. The van der Waals surface area contributed by atoms with Gasteiger partial charge in [-0.3, -0.25) is 0 Å². The van der Waals surface area contributed by atoms with Crippen LogP contribution in [-0.4, -0.2) is 42.4 Å². The first-order chi connectivity index (χ1) is 15.3. The monoisotopic (exact) mass is 444 g/mol. The van der Waals surface area contributed by atoms with Crippen LogP contribution in [0.3, 0.4) is 0 Å². The molecule has 8 heteroatoms. The molecule has 0 aliphatic carbocycles. The maximum absolute atomic E-state index is 13.0. The van der Waals surface area contributed by atoms with Gasteiger partial charge in [0.1, 0.15) is 5.75 Å². The van der Waals surface area contributed by atoms with Crippen LogP contribution in [0.4, 0.5) is 8.78 Å². The van der Waals surface area contributed by atoms with Gasteiger partial charge in [0.25, 0.3) is 0 Å². The lowest BCUT2D eigenvalue weighted by Crippen LogP contribution is -2.60. The number of alkyl halides is 2. The Morgan fingerprint density at radius 2 is 1.91 bits per heavy atom. The summed E-state index contributed by atoms with van der Waals surface area (Å²) in [7, 11) is 1.63. The van der Waals surface area contributed by atoms with E-state index in [9.17, 15) is 8.78 Å². The van der Waals surface area contributed by atoms with Crippen molar-refractivity contribution in [2.75, 3.05) is 13.7 Å². The van der Waals surface area contributed by atoms with Crippen LogP contribution in [0.1, 0.15) is 50.3 Å². The molecule has 0 radical (unpaired) electrons. The molecule has 1 fully saturated rings. The SMILES string of the molecule is COc1cccc2c1OC1(CCOC(C)(C)C1)N1N=C(c3ccccc3OC(F)F)CC21. The summed E-state index contributed by atoms with van der Waals surface area (Å²) in [5.74, 6) is 1.50. The van der Waals surface area contributed by atoms with Crippen LogP contribution in [0, 0.1) is 0 Å². The summed E-state index contributed by atoms with van der Waals surface area (Å²) in [5.41, 5.74) is 1.08. The lowest BCUT2D eigenvalue weighted by Gasteiger charge is -2.52. The fraction of sp³-hybridized carbons (Fsp3) is 0.458. The molecule has 2 atom stereocenters. The van der Waals surface area contributed by atoms with Crippen molar-refractivity contribution in [2.45, 2.75) is 57.1 Å². The van der Waals surface area contributed by atoms with Gasteiger partial charge in [0.15, 0.2) is 11.5 Å². The zero-order chi connectivity index (χ0) is 22.5. The Labute approximate surface area is 185 Å². The molecule has 3 aliphatic heterocycles. The zero-order valence-electron chi connectivity index (χ0n) is 18.3. The molecule has 2 aromatic rings. The number of rotatable bonds is 4. The van der Waals surface area contributed by atoms with Gasteiger partial charge in [-0.25, -0.2) is 5.01 Å². The normalized spacial score (nSPS) is 25.8. The van der Waals surface area contributed by atoms with Crippen LogP contribution in [0.15, 0.2) is 47.6 Å². The number of halogens is 2. The van der Waals surface area contributed by atoms with Crippen LogP contribution < -0.4 is 14.2 Å². The molecule has 1 spiro atoms. The van der Waals surface area contributed by atoms with Crippen molar-refractivity contribution in [2.24, 2.45) is 5.10 Å². The van der Waals surface area contributed by atoms with E-state index < -0.39 is 17.9 Å². The van der Waals surface area contributed by atoms with E-state index in [1.54, 1.807) is 31.4 Å². The Bertz CT molecular complexity index is 1060. The Morgan fingerprint density at radius 1 is 1.12 bits per heavy atom. The summed E-state index contributed by atoms with van der Waals surface area (Å²) in [5, 5.41) is 6.96. The van der Waals surface area contributed by atoms with E-state index in [0.29, 0.717) is 48.6 Å². The van der Waals surface area contributed by atoms with Crippen LogP contribution in [-0.2, 0) is 4.74 Å². The number of hydrogen-bond acceptors (Lipinski definition) is 6. The van der Waals surface area contributed by atoms with Crippen molar-refractivity contribution in [3.8, 4) is 17.2 Å². The minimum atomic E-state index is -2.91. The first-order valence-electron chi connectivity index (χ1n) is 10.7. The van der Waals surface area contributed by atoms with Gasteiger partial charge in [-0.05, 0) is 32.0 Å². The Kier molecular flexibility index (Phi) is 5.00. The molecule has 6 nitrogen and oxygen atoms in total. The summed E-state index contributed by atoms with van der Waals surface area (Å²) in [6.07, 6.45) is 1.76. The largest absolute Gasteiger partial charge is 0.493 e. The van der Waals surface area contributed by atoms with E-state index in [-0.39, 0.29) is 11.8 Å². The van der Waals surface area contributed by atoms with Crippen molar-refractivity contribution in [3.05, 3.63) is 53.6 Å². The molecule has 3 heterocycles. The number of fused-ring (bicyclic) bond motifs is 4. The van der Waals surface area contributed by atoms with Crippen molar-refractivity contribution in [3.63, 3.8) is 0 Å². The average Bonchev–Trinajstić information content (AvgIpc) is 3.19. The third-order valence-electron chi connectivity index (χ3n) is 6.31. The highest BCUT2D eigenvalue weighted by Gasteiger charge is 2.55. The lowest BCUT2D eigenvalue weighted by atomic mass is 9.86. The molecule has 5 rings (SSSR count). The van der Waals surface area contributed by atoms with Gasteiger partial charge in [0.05, 0.1) is 31.1 Å². The van der Waals surface area contributed by atoms with Gasteiger partial charge in [0, 0.05) is 30.4 Å². The minimum absolute atomic E-state index is 0.114. The van der Waals surface area contributed by atoms with Crippen molar-refractivity contribution >= 4 is 5.71 Å². The molecule has 0 bridgehead atoms. The van der Waals surface area contributed by atoms with E-state index >= 15 is 0 Å². The molecule has 32 heavy (non-hydrogen) atoms. The van der Waals surface area contributed by atoms with E-state index in [1.165, 1.54) is 0 Å². The van der Waals surface area contributed by atoms with Crippen LogP contribution >= 0.6 is 0 Å². The molecule has 0 N–H and O–H groups in total. The molecular formula is C24H26F2N2O4. The summed E-state index contributed by atoms with van der Waals surface area (Å²) < 4.78 is 49.1. The van der Waals surface area contributed by atoms with Gasteiger partial charge in [0.2, 0.25) is 5.72 Å². The molecule has 2 aromatic carbocycles. The standard InChI is InChI=1S/C24H26F2N2O4/c1-23(2)14-24(11-12-30-23)28-18(16-8-6-10-20(29-3)21(16)32-24)13-17(27-28)15-7-4-5-9-19(15)31-22(25)26/h4-10,18,22H,11-14H2,1-3H3. The van der Waals surface area contributed by atoms with Gasteiger partial charge >= 0.3 is 6.61 Å². The molecule has 1 saturated heterocycles. The van der Waals surface area contributed by atoms with Gasteiger partial charge < -0.3 is 18.9 Å². The second-order valence-electron chi connectivity index (χ2n) is 8.95.